The Labute approximate surface area is 178 Å². The van der Waals surface area contributed by atoms with Crippen molar-refractivity contribution in [2.45, 2.75) is 26.8 Å². The van der Waals surface area contributed by atoms with E-state index in [4.69, 9.17) is 0 Å². The lowest BCUT2D eigenvalue weighted by Gasteiger charge is -2.27. The first-order valence-electron chi connectivity index (χ1n) is 10.3. The van der Waals surface area contributed by atoms with Gasteiger partial charge in [-0.05, 0) is 56.2 Å². The van der Waals surface area contributed by atoms with Crippen LogP contribution in [0.25, 0.3) is 5.69 Å². The summed E-state index contributed by atoms with van der Waals surface area (Å²) < 4.78 is 1.71. The van der Waals surface area contributed by atoms with E-state index in [1.165, 1.54) is 17.6 Å². The van der Waals surface area contributed by atoms with Gasteiger partial charge in [-0.1, -0.05) is 24.3 Å². The zero-order valence-electron chi connectivity index (χ0n) is 18.1. The van der Waals surface area contributed by atoms with Crippen LogP contribution >= 0.6 is 0 Å². The van der Waals surface area contributed by atoms with Crippen molar-refractivity contribution in [2.24, 2.45) is 0 Å². The average molecular weight is 407 g/mol. The highest BCUT2D eigenvalue weighted by Crippen LogP contribution is 2.20. The Morgan fingerprint density at radius 2 is 1.97 bits per heavy atom. The van der Waals surface area contributed by atoms with Gasteiger partial charge in [0.2, 0.25) is 0 Å². The number of aryl methyl sites for hydroxylation is 1. The van der Waals surface area contributed by atoms with Crippen LogP contribution in [-0.2, 0) is 0 Å². The summed E-state index contributed by atoms with van der Waals surface area (Å²) in [5.41, 5.74) is 4.41. The summed E-state index contributed by atoms with van der Waals surface area (Å²) in [6.07, 6.45) is 3.17. The van der Waals surface area contributed by atoms with Crippen molar-refractivity contribution in [3.05, 3.63) is 72.3 Å². The number of aromatic nitrogens is 3. The van der Waals surface area contributed by atoms with Gasteiger partial charge >= 0.3 is 6.03 Å². The zero-order valence-corrected chi connectivity index (χ0v) is 18.1. The second kappa shape index (κ2) is 9.91. The van der Waals surface area contributed by atoms with E-state index in [1.807, 2.05) is 38.2 Å². The number of carbonyl (C=O) groups excluding carboxylic acids is 1. The molecule has 1 atom stereocenters. The number of hydrogen-bond acceptors (Lipinski definition) is 4. The molecule has 158 valence electrons. The highest BCUT2D eigenvalue weighted by Gasteiger charge is 2.17. The summed E-state index contributed by atoms with van der Waals surface area (Å²) in [5.74, 6) is 0. The molecule has 0 fully saturated rings. The van der Waals surface area contributed by atoms with Gasteiger partial charge in [0, 0.05) is 32.4 Å². The zero-order chi connectivity index (χ0) is 21.5. The highest BCUT2D eigenvalue weighted by molar-refractivity contribution is 5.74. The molecule has 0 spiro atoms. The molecule has 0 aliphatic heterocycles. The molecule has 0 radical (unpaired) electrons. The summed E-state index contributed by atoms with van der Waals surface area (Å²) in [6.45, 7) is 8.48. The lowest BCUT2D eigenvalue weighted by atomic mass is 10.1. The van der Waals surface area contributed by atoms with Crippen LogP contribution in [0.15, 0.2) is 61.2 Å². The maximum atomic E-state index is 12.6. The summed E-state index contributed by atoms with van der Waals surface area (Å²) >= 11 is 0. The van der Waals surface area contributed by atoms with E-state index < -0.39 is 0 Å². The number of hydrogen-bond donors (Lipinski definition) is 1. The first-order chi connectivity index (χ1) is 14.5. The molecule has 0 aliphatic rings. The van der Waals surface area contributed by atoms with Gasteiger partial charge in [0.05, 0.1) is 11.7 Å². The summed E-state index contributed by atoms with van der Waals surface area (Å²) in [7, 11) is 1.82. The molecule has 3 rings (SSSR count). The van der Waals surface area contributed by atoms with Crippen molar-refractivity contribution < 1.29 is 4.79 Å². The van der Waals surface area contributed by atoms with E-state index in [-0.39, 0.29) is 12.1 Å². The molecule has 0 saturated heterocycles. The number of urea groups is 1. The fourth-order valence-electron chi connectivity index (χ4n) is 3.36. The van der Waals surface area contributed by atoms with Crippen LogP contribution in [0.3, 0.4) is 0 Å². The van der Waals surface area contributed by atoms with Crippen LogP contribution in [0.4, 0.5) is 10.5 Å². The first-order valence-corrected chi connectivity index (χ1v) is 10.3. The van der Waals surface area contributed by atoms with E-state index >= 15 is 0 Å². The third-order valence-corrected chi connectivity index (χ3v) is 5.37. The summed E-state index contributed by atoms with van der Waals surface area (Å²) in [4.78, 5) is 20.6. The Balaban J connectivity index is 1.53. The van der Waals surface area contributed by atoms with E-state index in [2.05, 4.69) is 58.4 Å². The van der Waals surface area contributed by atoms with Crippen LogP contribution in [0.1, 0.15) is 31.0 Å². The molecule has 0 bridgehead atoms. The number of nitrogens with one attached hydrogen (secondary N) is 1. The Hall–Kier alpha value is -3.35. The van der Waals surface area contributed by atoms with Gasteiger partial charge in [0.15, 0.2) is 0 Å². The van der Waals surface area contributed by atoms with Gasteiger partial charge in [-0.25, -0.2) is 14.5 Å². The molecule has 30 heavy (non-hydrogen) atoms. The fraction of sp³-hybridized carbons (Fsp3) is 0.348. The van der Waals surface area contributed by atoms with E-state index in [0.717, 1.165) is 24.3 Å². The highest BCUT2D eigenvalue weighted by atomic mass is 16.2. The molecular weight excluding hydrogens is 376 g/mol. The molecule has 2 aromatic carbocycles. The van der Waals surface area contributed by atoms with Gasteiger partial charge in [-0.15, -0.1) is 0 Å². The lowest BCUT2D eigenvalue weighted by molar-refractivity contribution is 0.194. The van der Waals surface area contributed by atoms with Crippen LogP contribution < -0.4 is 10.2 Å². The number of nitrogens with zero attached hydrogens (tertiary/aromatic N) is 5. The topological polar surface area (TPSA) is 66.3 Å². The Morgan fingerprint density at radius 3 is 2.60 bits per heavy atom. The van der Waals surface area contributed by atoms with E-state index in [0.29, 0.717) is 6.54 Å². The van der Waals surface area contributed by atoms with Crippen molar-refractivity contribution in [1.29, 1.82) is 0 Å². The second-order valence-electron chi connectivity index (χ2n) is 7.37. The summed E-state index contributed by atoms with van der Waals surface area (Å²) in [6, 6.07) is 16.3. The minimum atomic E-state index is -0.0804. The number of likely N-dealkylation sites (N-methyl/N-ethyl adjacent to an activating group) is 1. The average Bonchev–Trinajstić information content (AvgIpc) is 3.30. The Kier molecular flexibility index (Phi) is 7.06. The van der Waals surface area contributed by atoms with E-state index in [1.54, 1.807) is 15.9 Å². The minimum absolute atomic E-state index is 0.0474. The predicted octanol–water partition coefficient (Wildman–Crippen LogP) is 3.80. The van der Waals surface area contributed by atoms with Crippen LogP contribution in [0.2, 0.25) is 0 Å². The Bertz CT molecular complexity index is 939. The first kappa shape index (κ1) is 21.4. The van der Waals surface area contributed by atoms with Gasteiger partial charge in [0.1, 0.15) is 12.7 Å². The molecule has 3 aromatic rings. The van der Waals surface area contributed by atoms with Gasteiger partial charge in [0.25, 0.3) is 0 Å². The quantitative estimate of drug-likeness (QED) is 0.618. The molecular formula is C23H30N6O. The number of rotatable bonds is 8. The van der Waals surface area contributed by atoms with Crippen molar-refractivity contribution in [3.63, 3.8) is 0 Å². The van der Waals surface area contributed by atoms with E-state index in [9.17, 15) is 4.79 Å². The normalized spacial score (nSPS) is 11.7. The Morgan fingerprint density at radius 1 is 1.20 bits per heavy atom. The smallest absolute Gasteiger partial charge is 0.317 e. The minimum Gasteiger partial charge on any atom is -0.370 e. The van der Waals surface area contributed by atoms with Crippen LogP contribution in [-0.4, -0.2) is 52.4 Å². The number of carbonyl (C=O) groups is 1. The molecule has 0 aliphatic carbocycles. The van der Waals surface area contributed by atoms with Crippen molar-refractivity contribution in [2.75, 3.05) is 31.6 Å². The molecule has 0 saturated carbocycles. The molecule has 1 unspecified atom stereocenters. The van der Waals surface area contributed by atoms with Crippen molar-refractivity contribution >= 4 is 11.7 Å². The molecule has 7 heteroatoms. The number of benzene rings is 2. The maximum absolute atomic E-state index is 12.6. The predicted molar refractivity (Wildman–Crippen MR) is 120 cm³/mol. The van der Waals surface area contributed by atoms with Crippen molar-refractivity contribution in [3.8, 4) is 5.69 Å². The van der Waals surface area contributed by atoms with Crippen molar-refractivity contribution in [1.82, 2.24) is 25.0 Å². The third kappa shape index (κ3) is 5.17. The van der Waals surface area contributed by atoms with Crippen LogP contribution in [0, 0.1) is 6.92 Å². The van der Waals surface area contributed by atoms with Gasteiger partial charge in [-0.3, -0.25) is 0 Å². The van der Waals surface area contributed by atoms with Gasteiger partial charge in [-0.2, -0.15) is 5.10 Å². The second-order valence-corrected chi connectivity index (χ2v) is 7.37. The standard InChI is InChI=1S/C23H30N6O/c1-5-28(22-8-6-7-18(2)15-22)14-13-25-23(30)27(4)19(3)20-9-11-21(12-10-20)29-17-24-16-26-29/h6-12,15-17,19H,5,13-14H2,1-4H3,(H,25,30). The summed E-state index contributed by atoms with van der Waals surface area (Å²) in [5, 5.41) is 7.17. The third-order valence-electron chi connectivity index (χ3n) is 5.37. The maximum Gasteiger partial charge on any atom is 0.317 e. The molecule has 1 heterocycles. The molecule has 1 N–H and O–H groups in total. The largest absolute Gasteiger partial charge is 0.370 e. The number of anilines is 1. The lowest BCUT2D eigenvalue weighted by Crippen LogP contribution is -2.42. The molecule has 1 aromatic heterocycles. The molecule has 2 amide bonds. The van der Waals surface area contributed by atoms with Crippen LogP contribution in [0.5, 0.6) is 0 Å². The number of amides is 2. The monoisotopic (exact) mass is 406 g/mol. The van der Waals surface area contributed by atoms with Gasteiger partial charge < -0.3 is 15.1 Å². The molecule has 7 nitrogen and oxygen atoms in total. The fourth-order valence-corrected chi connectivity index (χ4v) is 3.36. The SMILES string of the molecule is CCN(CCNC(=O)N(C)C(C)c1ccc(-n2cncn2)cc1)c1cccc(C)c1.